The molecule has 0 aliphatic carbocycles. The molecule has 2 N–H and O–H groups in total. The van der Waals surface area contributed by atoms with Crippen molar-refractivity contribution < 1.29 is 4.79 Å². The van der Waals surface area contributed by atoms with Crippen LogP contribution in [0, 0.1) is 6.92 Å². The maximum Gasteiger partial charge on any atom is 0.240 e. The predicted molar refractivity (Wildman–Crippen MR) is 86.3 cm³/mol. The fraction of sp³-hybridized carbons (Fsp3) is 0.588. The van der Waals surface area contributed by atoms with Crippen molar-refractivity contribution in [3.05, 3.63) is 35.4 Å². The van der Waals surface area contributed by atoms with E-state index in [1.807, 2.05) is 20.8 Å². The van der Waals surface area contributed by atoms with E-state index in [1.165, 1.54) is 5.56 Å². The number of nitrogens with zero attached hydrogens (tertiary/aromatic N) is 1. The molecule has 0 spiro atoms. The van der Waals surface area contributed by atoms with Crippen LogP contribution in [0.2, 0.25) is 0 Å². The molecule has 1 fully saturated rings. The number of rotatable bonds is 4. The standard InChI is InChI=1S/C17H27N3O/c1-13-5-7-15(8-6-13)14(2)19-16(21)17(3,4)20-11-9-18-10-12-20/h5-8,14,18H,9-12H2,1-4H3,(H,19,21)/t14-/m1/s1. The Morgan fingerprint density at radius 2 is 1.81 bits per heavy atom. The summed E-state index contributed by atoms with van der Waals surface area (Å²) in [6.45, 7) is 11.9. The van der Waals surface area contributed by atoms with E-state index in [1.54, 1.807) is 0 Å². The minimum atomic E-state index is -0.471. The largest absolute Gasteiger partial charge is 0.348 e. The van der Waals surface area contributed by atoms with Gasteiger partial charge in [-0.2, -0.15) is 0 Å². The fourth-order valence-electron chi connectivity index (χ4n) is 2.68. The summed E-state index contributed by atoms with van der Waals surface area (Å²) in [4.78, 5) is 14.9. The predicted octanol–water partition coefficient (Wildman–Crippen LogP) is 1.86. The van der Waals surface area contributed by atoms with Crippen LogP contribution in [-0.4, -0.2) is 42.5 Å². The molecule has 1 atom stereocenters. The van der Waals surface area contributed by atoms with Crippen LogP contribution in [0.25, 0.3) is 0 Å². The number of hydrogen-bond acceptors (Lipinski definition) is 3. The summed E-state index contributed by atoms with van der Waals surface area (Å²) in [6.07, 6.45) is 0. The van der Waals surface area contributed by atoms with Gasteiger partial charge in [0, 0.05) is 26.2 Å². The second kappa shape index (κ2) is 6.58. The molecule has 0 saturated carbocycles. The van der Waals surface area contributed by atoms with Crippen molar-refractivity contribution in [3.63, 3.8) is 0 Å². The number of benzene rings is 1. The molecule has 1 heterocycles. The number of hydrogen-bond donors (Lipinski definition) is 2. The van der Waals surface area contributed by atoms with E-state index in [0.29, 0.717) is 0 Å². The third-order valence-corrected chi connectivity index (χ3v) is 4.39. The molecule has 4 nitrogen and oxygen atoms in total. The van der Waals surface area contributed by atoms with E-state index in [-0.39, 0.29) is 11.9 Å². The zero-order valence-corrected chi connectivity index (χ0v) is 13.6. The van der Waals surface area contributed by atoms with Crippen molar-refractivity contribution in [1.29, 1.82) is 0 Å². The molecule has 0 unspecified atom stereocenters. The normalized spacial score (nSPS) is 18.3. The SMILES string of the molecule is Cc1ccc([C@@H](C)NC(=O)C(C)(C)N2CCNCC2)cc1. The summed E-state index contributed by atoms with van der Waals surface area (Å²) in [5.74, 6) is 0.0949. The van der Waals surface area contributed by atoms with Crippen molar-refractivity contribution in [2.75, 3.05) is 26.2 Å². The van der Waals surface area contributed by atoms with Crippen LogP contribution >= 0.6 is 0 Å². The fourth-order valence-corrected chi connectivity index (χ4v) is 2.68. The molecule has 1 aromatic carbocycles. The topological polar surface area (TPSA) is 44.4 Å². The van der Waals surface area contributed by atoms with Crippen LogP contribution in [0.1, 0.15) is 37.9 Å². The smallest absolute Gasteiger partial charge is 0.240 e. The van der Waals surface area contributed by atoms with Gasteiger partial charge in [-0.05, 0) is 33.3 Å². The third-order valence-electron chi connectivity index (χ3n) is 4.39. The number of aryl methyl sites for hydroxylation is 1. The highest BCUT2D eigenvalue weighted by molar-refractivity contribution is 5.85. The average molecular weight is 289 g/mol. The van der Waals surface area contributed by atoms with Crippen LogP contribution in [0.4, 0.5) is 0 Å². The summed E-state index contributed by atoms with van der Waals surface area (Å²) in [6, 6.07) is 8.36. The van der Waals surface area contributed by atoms with Crippen molar-refractivity contribution in [3.8, 4) is 0 Å². The quantitative estimate of drug-likeness (QED) is 0.889. The molecule has 1 aromatic rings. The van der Waals surface area contributed by atoms with Crippen LogP contribution < -0.4 is 10.6 Å². The zero-order chi connectivity index (χ0) is 15.5. The molecule has 1 aliphatic heterocycles. The zero-order valence-electron chi connectivity index (χ0n) is 13.6. The molecule has 0 bridgehead atoms. The van der Waals surface area contributed by atoms with Gasteiger partial charge < -0.3 is 10.6 Å². The second-order valence-electron chi connectivity index (χ2n) is 6.40. The van der Waals surface area contributed by atoms with Crippen molar-refractivity contribution in [2.24, 2.45) is 0 Å². The van der Waals surface area contributed by atoms with E-state index in [2.05, 4.69) is 46.7 Å². The number of carbonyl (C=O) groups is 1. The molecule has 4 heteroatoms. The molecular weight excluding hydrogens is 262 g/mol. The minimum absolute atomic E-state index is 0.0280. The van der Waals surface area contributed by atoms with Gasteiger partial charge in [0.15, 0.2) is 0 Å². The maximum atomic E-state index is 12.6. The molecule has 1 saturated heterocycles. The number of carbonyl (C=O) groups excluding carboxylic acids is 1. The molecule has 2 rings (SSSR count). The lowest BCUT2D eigenvalue weighted by Crippen LogP contribution is -2.60. The molecule has 0 aromatic heterocycles. The summed E-state index contributed by atoms with van der Waals surface area (Å²) >= 11 is 0. The van der Waals surface area contributed by atoms with E-state index < -0.39 is 5.54 Å². The lowest BCUT2D eigenvalue weighted by atomic mass is 9.98. The van der Waals surface area contributed by atoms with Gasteiger partial charge in [0.05, 0.1) is 11.6 Å². The maximum absolute atomic E-state index is 12.6. The summed E-state index contributed by atoms with van der Waals surface area (Å²) in [5, 5.41) is 6.48. The van der Waals surface area contributed by atoms with E-state index in [4.69, 9.17) is 0 Å². The Morgan fingerprint density at radius 3 is 2.38 bits per heavy atom. The summed E-state index contributed by atoms with van der Waals surface area (Å²) in [7, 11) is 0. The molecule has 0 radical (unpaired) electrons. The first-order valence-corrected chi connectivity index (χ1v) is 7.74. The minimum Gasteiger partial charge on any atom is -0.348 e. The Morgan fingerprint density at radius 1 is 1.24 bits per heavy atom. The van der Waals surface area contributed by atoms with Crippen LogP contribution in [0.3, 0.4) is 0 Å². The molecular formula is C17H27N3O. The Balaban J connectivity index is 2.00. The van der Waals surface area contributed by atoms with E-state index in [9.17, 15) is 4.79 Å². The molecule has 1 aliphatic rings. The molecule has 1 amide bonds. The monoisotopic (exact) mass is 289 g/mol. The van der Waals surface area contributed by atoms with Crippen LogP contribution in [-0.2, 0) is 4.79 Å². The first-order valence-electron chi connectivity index (χ1n) is 7.74. The van der Waals surface area contributed by atoms with Crippen LogP contribution in [0.15, 0.2) is 24.3 Å². The van der Waals surface area contributed by atoms with E-state index >= 15 is 0 Å². The van der Waals surface area contributed by atoms with Crippen molar-refractivity contribution in [2.45, 2.75) is 39.3 Å². The Hall–Kier alpha value is -1.39. The first kappa shape index (κ1) is 16.0. The van der Waals surface area contributed by atoms with Gasteiger partial charge in [0.2, 0.25) is 5.91 Å². The van der Waals surface area contributed by atoms with Gasteiger partial charge >= 0.3 is 0 Å². The summed E-state index contributed by atoms with van der Waals surface area (Å²) < 4.78 is 0. The van der Waals surface area contributed by atoms with Crippen molar-refractivity contribution in [1.82, 2.24) is 15.5 Å². The average Bonchev–Trinajstić information content (AvgIpc) is 2.48. The Labute approximate surface area is 127 Å². The van der Waals surface area contributed by atoms with Gasteiger partial charge in [0.1, 0.15) is 0 Å². The Bertz CT molecular complexity index is 475. The van der Waals surface area contributed by atoms with E-state index in [0.717, 1.165) is 31.7 Å². The lowest BCUT2D eigenvalue weighted by Gasteiger charge is -2.40. The first-order chi connectivity index (χ1) is 9.91. The highest BCUT2D eigenvalue weighted by Crippen LogP contribution is 2.19. The molecule has 116 valence electrons. The molecule has 21 heavy (non-hydrogen) atoms. The third kappa shape index (κ3) is 3.83. The highest BCUT2D eigenvalue weighted by atomic mass is 16.2. The number of amides is 1. The van der Waals surface area contributed by atoms with Gasteiger partial charge in [-0.3, -0.25) is 9.69 Å². The van der Waals surface area contributed by atoms with Gasteiger partial charge in [-0.25, -0.2) is 0 Å². The second-order valence-corrected chi connectivity index (χ2v) is 6.40. The lowest BCUT2D eigenvalue weighted by molar-refractivity contribution is -0.132. The van der Waals surface area contributed by atoms with Gasteiger partial charge in [-0.15, -0.1) is 0 Å². The van der Waals surface area contributed by atoms with Gasteiger partial charge in [0.25, 0.3) is 0 Å². The highest BCUT2D eigenvalue weighted by Gasteiger charge is 2.35. The van der Waals surface area contributed by atoms with Crippen molar-refractivity contribution >= 4 is 5.91 Å². The van der Waals surface area contributed by atoms with Crippen LogP contribution in [0.5, 0.6) is 0 Å². The summed E-state index contributed by atoms with van der Waals surface area (Å²) in [5.41, 5.74) is 1.91. The number of nitrogens with one attached hydrogen (secondary N) is 2. The number of piperazine rings is 1. The Kier molecular flexibility index (Phi) is 5.01. The van der Waals surface area contributed by atoms with Gasteiger partial charge in [-0.1, -0.05) is 29.8 Å².